The highest BCUT2D eigenvalue weighted by atomic mass is 16.5. The fourth-order valence-corrected chi connectivity index (χ4v) is 2.78. The third kappa shape index (κ3) is 1.28. The number of carbonyl (C=O) groups excluding carboxylic acids is 1. The number of fused-ring (bicyclic) bond motifs is 2. The largest absolute Gasteiger partial charge is 0.469 e. The van der Waals surface area contributed by atoms with E-state index in [-0.39, 0.29) is 11.9 Å². The Morgan fingerprint density at radius 1 is 1.31 bits per heavy atom. The Hall–Kier alpha value is -0.790. The highest BCUT2D eigenvalue weighted by Crippen LogP contribution is 2.44. The van der Waals surface area contributed by atoms with E-state index in [2.05, 4.69) is 19.1 Å². The zero-order chi connectivity index (χ0) is 9.42. The van der Waals surface area contributed by atoms with E-state index in [1.54, 1.807) is 0 Å². The number of hydrogen-bond acceptors (Lipinski definition) is 2. The summed E-state index contributed by atoms with van der Waals surface area (Å²) in [7, 11) is 1.49. The monoisotopic (exact) mass is 180 g/mol. The fourth-order valence-electron chi connectivity index (χ4n) is 2.78. The summed E-state index contributed by atoms with van der Waals surface area (Å²) in [5.74, 6) is 1.61. The van der Waals surface area contributed by atoms with Crippen molar-refractivity contribution in [2.75, 3.05) is 7.11 Å². The van der Waals surface area contributed by atoms with Crippen molar-refractivity contribution in [3.8, 4) is 0 Å². The second-order valence-electron chi connectivity index (χ2n) is 4.20. The van der Waals surface area contributed by atoms with Crippen LogP contribution in [0.15, 0.2) is 12.2 Å². The molecule has 0 aromatic carbocycles. The molecule has 0 aliphatic heterocycles. The molecule has 2 bridgehead atoms. The Balaban J connectivity index is 2.21. The summed E-state index contributed by atoms with van der Waals surface area (Å²) < 4.78 is 4.84. The van der Waals surface area contributed by atoms with Crippen LogP contribution < -0.4 is 0 Å². The fraction of sp³-hybridized carbons (Fsp3) is 0.727. The second-order valence-corrected chi connectivity index (χ2v) is 4.20. The lowest BCUT2D eigenvalue weighted by atomic mass is 9.63. The second kappa shape index (κ2) is 3.17. The maximum absolute atomic E-state index is 11.5. The van der Waals surface area contributed by atoms with Crippen LogP contribution in [-0.2, 0) is 9.53 Å². The smallest absolute Gasteiger partial charge is 0.309 e. The van der Waals surface area contributed by atoms with E-state index in [0.717, 1.165) is 6.42 Å². The van der Waals surface area contributed by atoms with Gasteiger partial charge in [-0.25, -0.2) is 0 Å². The molecule has 3 aliphatic carbocycles. The summed E-state index contributed by atoms with van der Waals surface area (Å²) in [6.45, 7) is 2.17. The lowest BCUT2D eigenvalue weighted by Crippen LogP contribution is -2.40. The van der Waals surface area contributed by atoms with E-state index in [4.69, 9.17) is 4.74 Å². The third-order valence-electron chi connectivity index (χ3n) is 3.62. The summed E-state index contributed by atoms with van der Waals surface area (Å²) in [5.41, 5.74) is 0. The van der Waals surface area contributed by atoms with Crippen LogP contribution in [0.25, 0.3) is 0 Å². The van der Waals surface area contributed by atoms with Crippen LogP contribution in [0.4, 0.5) is 0 Å². The first-order chi connectivity index (χ1) is 6.24. The van der Waals surface area contributed by atoms with Crippen molar-refractivity contribution in [2.45, 2.75) is 19.8 Å². The Morgan fingerprint density at radius 2 is 1.92 bits per heavy atom. The zero-order valence-electron chi connectivity index (χ0n) is 8.19. The third-order valence-corrected chi connectivity index (χ3v) is 3.62. The van der Waals surface area contributed by atoms with Crippen molar-refractivity contribution in [2.24, 2.45) is 23.7 Å². The highest BCUT2D eigenvalue weighted by Gasteiger charge is 2.42. The average Bonchev–Trinajstić information content (AvgIpc) is 2.18. The lowest BCUT2D eigenvalue weighted by Gasteiger charge is -2.41. The minimum atomic E-state index is -0.0217. The van der Waals surface area contributed by atoms with E-state index < -0.39 is 0 Å². The maximum Gasteiger partial charge on any atom is 0.309 e. The number of ether oxygens (including phenoxy) is 1. The molecular weight excluding hydrogens is 164 g/mol. The van der Waals surface area contributed by atoms with Crippen molar-refractivity contribution >= 4 is 5.97 Å². The summed E-state index contributed by atoms with van der Waals surface area (Å²) in [5, 5.41) is 0. The predicted molar refractivity (Wildman–Crippen MR) is 50.0 cm³/mol. The van der Waals surface area contributed by atoms with Crippen LogP contribution >= 0.6 is 0 Å². The van der Waals surface area contributed by atoms with Crippen molar-refractivity contribution in [1.29, 1.82) is 0 Å². The van der Waals surface area contributed by atoms with Crippen LogP contribution in [0.5, 0.6) is 0 Å². The quantitative estimate of drug-likeness (QED) is 0.456. The van der Waals surface area contributed by atoms with Crippen molar-refractivity contribution in [1.82, 2.24) is 0 Å². The molecule has 4 unspecified atom stereocenters. The Morgan fingerprint density at radius 3 is 2.38 bits per heavy atom. The highest BCUT2D eigenvalue weighted by molar-refractivity contribution is 5.73. The number of methoxy groups -OCH3 is 1. The van der Waals surface area contributed by atoms with Crippen LogP contribution in [0.3, 0.4) is 0 Å². The first-order valence-electron chi connectivity index (χ1n) is 5.00. The van der Waals surface area contributed by atoms with Crippen LogP contribution in [0.1, 0.15) is 19.8 Å². The predicted octanol–water partition coefficient (Wildman–Crippen LogP) is 2.01. The van der Waals surface area contributed by atoms with Gasteiger partial charge in [0.2, 0.25) is 0 Å². The Bertz CT molecular complexity index is 244. The first-order valence-corrected chi connectivity index (χ1v) is 5.00. The van der Waals surface area contributed by atoms with Gasteiger partial charge in [-0.2, -0.15) is 0 Å². The van der Waals surface area contributed by atoms with Gasteiger partial charge >= 0.3 is 5.97 Å². The molecule has 0 amide bonds. The minimum Gasteiger partial charge on any atom is -0.469 e. The number of hydrogen-bond donors (Lipinski definition) is 0. The van der Waals surface area contributed by atoms with Gasteiger partial charge in [0.25, 0.3) is 0 Å². The van der Waals surface area contributed by atoms with Gasteiger partial charge in [0.15, 0.2) is 0 Å². The topological polar surface area (TPSA) is 26.3 Å². The summed E-state index contributed by atoms with van der Waals surface area (Å²) >= 11 is 0. The molecule has 0 spiro atoms. The van der Waals surface area contributed by atoms with Gasteiger partial charge in [-0.3, -0.25) is 4.79 Å². The molecule has 2 nitrogen and oxygen atoms in total. The van der Waals surface area contributed by atoms with E-state index >= 15 is 0 Å². The molecule has 13 heavy (non-hydrogen) atoms. The van der Waals surface area contributed by atoms with Gasteiger partial charge < -0.3 is 4.74 Å². The molecule has 0 aromatic heterocycles. The molecule has 72 valence electrons. The first kappa shape index (κ1) is 8.79. The SMILES string of the molecule is COC(=O)C1C2C=CC(CC2)C1C. The molecule has 1 fully saturated rings. The normalized spacial score (nSPS) is 42.0. The van der Waals surface area contributed by atoms with Crippen molar-refractivity contribution in [3.63, 3.8) is 0 Å². The number of carbonyl (C=O) groups is 1. The Labute approximate surface area is 79.0 Å². The number of rotatable bonds is 1. The molecule has 2 heteroatoms. The molecule has 1 saturated carbocycles. The molecular formula is C11H16O2. The van der Waals surface area contributed by atoms with E-state index in [9.17, 15) is 4.79 Å². The van der Waals surface area contributed by atoms with Gasteiger partial charge in [-0.15, -0.1) is 0 Å². The van der Waals surface area contributed by atoms with E-state index in [0.29, 0.717) is 17.8 Å². The molecule has 0 saturated heterocycles. The van der Waals surface area contributed by atoms with Crippen LogP contribution in [-0.4, -0.2) is 13.1 Å². The van der Waals surface area contributed by atoms with Gasteiger partial charge in [-0.05, 0) is 30.6 Å². The zero-order valence-corrected chi connectivity index (χ0v) is 8.19. The molecule has 0 radical (unpaired) electrons. The molecule has 0 heterocycles. The standard InChI is InChI=1S/C11H16O2/c1-7-8-3-5-9(6-4-8)10(7)11(12)13-2/h3,5,7-10H,4,6H2,1-2H3. The summed E-state index contributed by atoms with van der Waals surface area (Å²) in [6, 6.07) is 0. The van der Waals surface area contributed by atoms with Gasteiger partial charge in [0.05, 0.1) is 13.0 Å². The van der Waals surface area contributed by atoms with Gasteiger partial charge in [-0.1, -0.05) is 19.1 Å². The molecule has 0 aromatic rings. The maximum atomic E-state index is 11.5. The lowest BCUT2D eigenvalue weighted by molar-refractivity contribution is -0.151. The van der Waals surface area contributed by atoms with Crippen LogP contribution in [0.2, 0.25) is 0 Å². The van der Waals surface area contributed by atoms with Crippen LogP contribution in [0, 0.1) is 23.7 Å². The molecule has 3 aliphatic rings. The summed E-state index contributed by atoms with van der Waals surface area (Å²) in [4.78, 5) is 11.5. The summed E-state index contributed by atoms with van der Waals surface area (Å²) in [6.07, 6.45) is 6.88. The van der Waals surface area contributed by atoms with Gasteiger partial charge in [0.1, 0.15) is 0 Å². The molecule has 4 atom stereocenters. The molecule has 3 rings (SSSR count). The Kier molecular flexibility index (Phi) is 2.14. The van der Waals surface area contributed by atoms with Crippen molar-refractivity contribution in [3.05, 3.63) is 12.2 Å². The van der Waals surface area contributed by atoms with Crippen molar-refractivity contribution < 1.29 is 9.53 Å². The minimum absolute atomic E-state index is 0.0217. The number of esters is 1. The van der Waals surface area contributed by atoms with E-state index in [1.165, 1.54) is 13.5 Å². The van der Waals surface area contributed by atoms with Gasteiger partial charge in [0, 0.05) is 0 Å². The molecule has 0 N–H and O–H groups in total. The average molecular weight is 180 g/mol. The van der Waals surface area contributed by atoms with E-state index in [1.807, 2.05) is 0 Å². The number of allylic oxidation sites excluding steroid dienone is 2.